The number of halogens is 3. The molecule has 1 amide bonds. The maximum Gasteiger partial charge on any atom is 0.416 e. The first-order chi connectivity index (χ1) is 15.9. The minimum atomic E-state index is -4.44. The predicted molar refractivity (Wildman–Crippen MR) is 118 cm³/mol. The fourth-order valence-electron chi connectivity index (χ4n) is 4.73. The van der Waals surface area contributed by atoms with Gasteiger partial charge in [0.1, 0.15) is 12.2 Å². The van der Waals surface area contributed by atoms with Gasteiger partial charge >= 0.3 is 6.18 Å². The van der Waals surface area contributed by atoms with Crippen molar-refractivity contribution < 1.29 is 18.0 Å². The van der Waals surface area contributed by atoms with E-state index in [-0.39, 0.29) is 17.5 Å². The standard InChI is InChI=1S/C23H25F3N6O/c24-23(25,26)16-5-4-6-17(13-16)29-22(33)15-8-11-31(12-9-15)20-19-21(28-14-27-20)32-10-3-1-2-7-18(32)30-19/h4-6,13-15H,1-3,7-12H2,(H,29,33). The summed E-state index contributed by atoms with van der Waals surface area (Å²) in [5.74, 6) is 1.32. The van der Waals surface area contributed by atoms with Crippen LogP contribution in [0.15, 0.2) is 30.6 Å². The molecule has 1 fully saturated rings. The van der Waals surface area contributed by atoms with Crippen LogP contribution in [0.3, 0.4) is 0 Å². The van der Waals surface area contributed by atoms with Crippen LogP contribution >= 0.6 is 0 Å². The summed E-state index contributed by atoms with van der Waals surface area (Å²) in [5, 5.41) is 2.65. The number of hydrogen-bond donors (Lipinski definition) is 1. The third-order valence-electron chi connectivity index (χ3n) is 6.50. The van der Waals surface area contributed by atoms with Crippen LogP contribution in [-0.4, -0.2) is 38.5 Å². The molecule has 1 N–H and O–H groups in total. The SMILES string of the molecule is O=C(Nc1cccc(C(F)(F)F)c1)C1CCN(c2ncnc3c2nc2n3CCCCC2)CC1. The number of imidazole rings is 1. The summed E-state index contributed by atoms with van der Waals surface area (Å²) < 4.78 is 41.0. The second kappa shape index (κ2) is 8.64. The molecule has 33 heavy (non-hydrogen) atoms. The van der Waals surface area contributed by atoms with Crippen LogP contribution in [0.2, 0.25) is 0 Å². The number of aromatic nitrogens is 4. The molecule has 7 nitrogen and oxygen atoms in total. The topological polar surface area (TPSA) is 75.9 Å². The van der Waals surface area contributed by atoms with Crippen molar-refractivity contribution in [2.45, 2.75) is 51.2 Å². The summed E-state index contributed by atoms with van der Waals surface area (Å²) >= 11 is 0. The zero-order valence-corrected chi connectivity index (χ0v) is 18.1. The van der Waals surface area contributed by atoms with Crippen molar-refractivity contribution in [3.63, 3.8) is 0 Å². The number of aryl methyl sites for hydroxylation is 2. The number of carbonyl (C=O) groups is 1. The number of alkyl halides is 3. The third-order valence-corrected chi connectivity index (χ3v) is 6.50. The lowest BCUT2D eigenvalue weighted by atomic mass is 9.95. The molecule has 2 aliphatic rings. The Hall–Kier alpha value is -3.17. The number of piperidine rings is 1. The molecule has 2 aromatic heterocycles. The van der Waals surface area contributed by atoms with E-state index in [4.69, 9.17) is 4.98 Å². The highest BCUT2D eigenvalue weighted by Gasteiger charge is 2.31. The van der Waals surface area contributed by atoms with E-state index < -0.39 is 11.7 Å². The first-order valence-corrected chi connectivity index (χ1v) is 11.3. The average molecular weight is 458 g/mol. The van der Waals surface area contributed by atoms with E-state index in [1.165, 1.54) is 18.6 Å². The van der Waals surface area contributed by atoms with Crippen LogP contribution in [0.5, 0.6) is 0 Å². The van der Waals surface area contributed by atoms with Gasteiger partial charge in [0.15, 0.2) is 17.0 Å². The van der Waals surface area contributed by atoms with Crippen LogP contribution in [-0.2, 0) is 23.9 Å². The molecular weight excluding hydrogens is 433 g/mol. The van der Waals surface area contributed by atoms with Crippen molar-refractivity contribution in [3.8, 4) is 0 Å². The first kappa shape index (κ1) is 21.7. The summed E-state index contributed by atoms with van der Waals surface area (Å²) in [7, 11) is 0. The molecule has 0 atom stereocenters. The van der Waals surface area contributed by atoms with Gasteiger partial charge in [-0.2, -0.15) is 13.2 Å². The molecular formula is C23H25F3N6O. The van der Waals surface area contributed by atoms with Gasteiger partial charge in [0.2, 0.25) is 5.91 Å². The Bertz CT molecular complexity index is 1170. The van der Waals surface area contributed by atoms with Crippen molar-refractivity contribution in [2.75, 3.05) is 23.3 Å². The fourth-order valence-corrected chi connectivity index (χ4v) is 4.73. The number of carbonyl (C=O) groups excluding carboxylic acids is 1. The van der Waals surface area contributed by atoms with Crippen LogP contribution in [0.25, 0.3) is 11.2 Å². The Labute approximate surface area is 189 Å². The largest absolute Gasteiger partial charge is 0.416 e. The lowest BCUT2D eigenvalue weighted by molar-refractivity contribution is -0.137. The third kappa shape index (κ3) is 4.38. The van der Waals surface area contributed by atoms with Gasteiger partial charge in [-0.05, 0) is 43.9 Å². The molecule has 2 aliphatic heterocycles. The smallest absolute Gasteiger partial charge is 0.355 e. The van der Waals surface area contributed by atoms with Gasteiger partial charge in [0.05, 0.1) is 5.56 Å². The van der Waals surface area contributed by atoms with Crippen LogP contribution in [0.1, 0.15) is 43.5 Å². The van der Waals surface area contributed by atoms with Crippen LogP contribution in [0.4, 0.5) is 24.7 Å². The highest BCUT2D eigenvalue weighted by atomic mass is 19.4. The molecule has 0 bridgehead atoms. The summed E-state index contributed by atoms with van der Waals surface area (Å²) in [6, 6.07) is 4.73. The molecule has 3 aromatic rings. The van der Waals surface area contributed by atoms with Crippen molar-refractivity contribution in [2.24, 2.45) is 5.92 Å². The van der Waals surface area contributed by atoms with Crippen molar-refractivity contribution >= 4 is 28.6 Å². The van der Waals surface area contributed by atoms with E-state index in [0.717, 1.165) is 60.7 Å². The van der Waals surface area contributed by atoms with Gasteiger partial charge in [-0.25, -0.2) is 15.0 Å². The van der Waals surface area contributed by atoms with E-state index in [1.54, 1.807) is 6.33 Å². The van der Waals surface area contributed by atoms with E-state index in [2.05, 4.69) is 24.8 Å². The summed E-state index contributed by atoms with van der Waals surface area (Å²) in [5.41, 5.74) is 1.05. The minimum absolute atomic E-state index is 0.161. The van der Waals surface area contributed by atoms with Gasteiger partial charge in [0, 0.05) is 37.7 Å². The molecule has 10 heteroatoms. The number of rotatable bonds is 3. The van der Waals surface area contributed by atoms with Gasteiger partial charge in [-0.3, -0.25) is 4.79 Å². The second-order valence-electron chi connectivity index (χ2n) is 8.69. The number of nitrogens with one attached hydrogen (secondary N) is 1. The maximum atomic E-state index is 12.9. The van der Waals surface area contributed by atoms with Gasteiger partial charge in [0.25, 0.3) is 0 Å². The molecule has 5 rings (SSSR count). The van der Waals surface area contributed by atoms with Crippen molar-refractivity contribution in [3.05, 3.63) is 42.0 Å². The Morgan fingerprint density at radius 2 is 1.88 bits per heavy atom. The normalized spacial score (nSPS) is 17.6. The molecule has 0 unspecified atom stereocenters. The van der Waals surface area contributed by atoms with Gasteiger partial charge in [-0.1, -0.05) is 12.5 Å². The van der Waals surface area contributed by atoms with Gasteiger partial charge < -0.3 is 14.8 Å². The lowest BCUT2D eigenvalue weighted by Crippen LogP contribution is -2.38. The predicted octanol–water partition coefficient (Wildman–Crippen LogP) is 4.43. The van der Waals surface area contributed by atoms with E-state index in [0.29, 0.717) is 25.9 Å². The number of benzene rings is 1. The average Bonchev–Trinajstić information content (AvgIpc) is 2.99. The highest BCUT2D eigenvalue weighted by molar-refractivity contribution is 5.93. The van der Waals surface area contributed by atoms with Crippen molar-refractivity contribution in [1.82, 2.24) is 19.5 Å². The zero-order chi connectivity index (χ0) is 23.0. The molecule has 1 saturated heterocycles. The minimum Gasteiger partial charge on any atom is -0.355 e. The number of fused-ring (bicyclic) bond motifs is 3. The van der Waals surface area contributed by atoms with Crippen LogP contribution < -0.4 is 10.2 Å². The second-order valence-corrected chi connectivity index (χ2v) is 8.69. The van der Waals surface area contributed by atoms with Gasteiger partial charge in [-0.15, -0.1) is 0 Å². The number of anilines is 2. The Morgan fingerprint density at radius 3 is 2.67 bits per heavy atom. The van der Waals surface area contributed by atoms with Crippen LogP contribution in [0, 0.1) is 5.92 Å². The van der Waals surface area contributed by atoms with Crippen molar-refractivity contribution in [1.29, 1.82) is 0 Å². The molecule has 0 saturated carbocycles. The summed E-state index contributed by atoms with van der Waals surface area (Å²) in [6.07, 6.45) is 2.67. The number of hydrogen-bond acceptors (Lipinski definition) is 5. The maximum absolute atomic E-state index is 12.9. The van der Waals surface area contributed by atoms with E-state index in [9.17, 15) is 18.0 Å². The number of nitrogens with zero attached hydrogens (tertiary/aromatic N) is 5. The number of amides is 1. The molecule has 1 aromatic carbocycles. The molecule has 0 aliphatic carbocycles. The Morgan fingerprint density at radius 1 is 1.06 bits per heavy atom. The molecule has 0 radical (unpaired) electrons. The van der Waals surface area contributed by atoms with E-state index in [1.807, 2.05) is 0 Å². The Kier molecular flexibility index (Phi) is 5.67. The molecule has 0 spiro atoms. The first-order valence-electron chi connectivity index (χ1n) is 11.3. The molecule has 4 heterocycles. The zero-order valence-electron chi connectivity index (χ0n) is 18.1. The monoisotopic (exact) mass is 458 g/mol. The quantitative estimate of drug-likeness (QED) is 0.629. The summed E-state index contributed by atoms with van der Waals surface area (Å²) in [4.78, 5) is 28.7. The molecule has 174 valence electrons. The highest BCUT2D eigenvalue weighted by Crippen LogP contribution is 2.32. The lowest BCUT2D eigenvalue weighted by Gasteiger charge is -2.32. The fraction of sp³-hybridized carbons (Fsp3) is 0.478. The Balaban J connectivity index is 1.27. The van der Waals surface area contributed by atoms with E-state index >= 15 is 0 Å². The summed E-state index contributed by atoms with van der Waals surface area (Å²) in [6.45, 7) is 2.16.